The molecule has 6 heteroatoms. The van der Waals surface area contributed by atoms with Gasteiger partial charge in [-0.05, 0) is 61.6 Å². The van der Waals surface area contributed by atoms with Crippen molar-refractivity contribution in [3.63, 3.8) is 0 Å². The number of hydrogen-bond acceptors (Lipinski definition) is 3. The molecular formula is C15H19ClINO3. The van der Waals surface area contributed by atoms with Crippen molar-refractivity contribution in [2.45, 2.75) is 26.4 Å². The number of rotatable bonds is 3. The van der Waals surface area contributed by atoms with Crippen LogP contribution in [0, 0.1) is 9.49 Å². The van der Waals surface area contributed by atoms with E-state index in [0.717, 1.165) is 3.57 Å². The molecule has 1 aliphatic heterocycles. The number of benzene rings is 1. The molecule has 116 valence electrons. The fourth-order valence-electron chi connectivity index (χ4n) is 1.95. The first kappa shape index (κ1) is 16.7. The molecule has 0 spiro atoms. The van der Waals surface area contributed by atoms with Crippen molar-refractivity contribution in [1.29, 1.82) is 0 Å². The molecule has 0 unspecified atom stereocenters. The van der Waals surface area contributed by atoms with Crippen LogP contribution in [0.3, 0.4) is 0 Å². The SMILES string of the molecule is CC(C)(C)OC(=O)N1CC(COc2ccc(I)cc2Cl)C1. The molecule has 1 saturated heterocycles. The lowest BCUT2D eigenvalue weighted by Crippen LogP contribution is -2.53. The second kappa shape index (κ2) is 6.60. The van der Waals surface area contributed by atoms with E-state index in [1.54, 1.807) is 4.90 Å². The third kappa shape index (κ3) is 4.92. The minimum atomic E-state index is -0.451. The number of carbonyl (C=O) groups is 1. The largest absolute Gasteiger partial charge is 0.492 e. The average molecular weight is 424 g/mol. The second-order valence-electron chi connectivity index (χ2n) is 6.14. The quantitative estimate of drug-likeness (QED) is 0.684. The number of carbonyl (C=O) groups excluding carboxylic acids is 1. The zero-order chi connectivity index (χ0) is 15.6. The van der Waals surface area contributed by atoms with Crippen LogP contribution in [-0.2, 0) is 4.74 Å². The third-order valence-corrected chi connectivity index (χ3v) is 3.94. The van der Waals surface area contributed by atoms with Crippen LogP contribution in [0.15, 0.2) is 18.2 Å². The fourth-order valence-corrected chi connectivity index (χ4v) is 2.86. The Morgan fingerprint density at radius 3 is 2.67 bits per heavy atom. The van der Waals surface area contributed by atoms with E-state index in [9.17, 15) is 4.79 Å². The van der Waals surface area contributed by atoms with Gasteiger partial charge in [-0.25, -0.2) is 4.79 Å². The van der Waals surface area contributed by atoms with Crippen LogP contribution < -0.4 is 4.74 Å². The van der Waals surface area contributed by atoms with Crippen LogP contribution in [0.25, 0.3) is 0 Å². The second-order valence-corrected chi connectivity index (χ2v) is 7.79. The van der Waals surface area contributed by atoms with Crippen LogP contribution in [0.1, 0.15) is 20.8 Å². The van der Waals surface area contributed by atoms with Gasteiger partial charge >= 0.3 is 6.09 Å². The summed E-state index contributed by atoms with van der Waals surface area (Å²) >= 11 is 8.32. The van der Waals surface area contributed by atoms with Gasteiger partial charge < -0.3 is 14.4 Å². The summed E-state index contributed by atoms with van der Waals surface area (Å²) in [5.74, 6) is 1.01. The highest BCUT2D eigenvalue weighted by Crippen LogP contribution is 2.27. The highest BCUT2D eigenvalue weighted by atomic mass is 127. The summed E-state index contributed by atoms with van der Waals surface area (Å²) in [5.41, 5.74) is -0.451. The Balaban J connectivity index is 1.75. The van der Waals surface area contributed by atoms with Crippen LogP contribution in [0.4, 0.5) is 4.79 Å². The first-order chi connectivity index (χ1) is 9.74. The average Bonchev–Trinajstić information content (AvgIpc) is 2.27. The van der Waals surface area contributed by atoms with Crippen molar-refractivity contribution >= 4 is 40.3 Å². The summed E-state index contributed by atoms with van der Waals surface area (Å²) in [6.45, 7) is 7.48. The molecule has 21 heavy (non-hydrogen) atoms. The van der Waals surface area contributed by atoms with E-state index in [1.807, 2.05) is 39.0 Å². The molecule has 0 radical (unpaired) electrons. The van der Waals surface area contributed by atoms with Crippen LogP contribution >= 0.6 is 34.2 Å². The molecule has 0 atom stereocenters. The molecule has 0 aromatic heterocycles. The van der Waals surface area contributed by atoms with Gasteiger partial charge in [0.15, 0.2) is 0 Å². The van der Waals surface area contributed by atoms with Gasteiger partial charge in [0.1, 0.15) is 11.4 Å². The molecule has 0 bridgehead atoms. The van der Waals surface area contributed by atoms with Gasteiger partial charge in [0.05, 0.1) is 11.6 Å². The van der Waals surface area contributed by atoms with Gasteiger partial charge in [-0.2, -0.15) is 0 Å². The van der Waals surface area contributed by atoms with Gasteiger partial charge in [0.2, 0.25) is 0 Å². The van der Waals surface area contributed by atoms with E-state index in [4.69, 9.17) is 21.1 Å². The van der Waals surface area contributed by atoms with Crippen molar-refractivity contribution in [2.24, 2.45) is 5.92 Å². The fraction of sp³-hybridized carbons (Fsp3) is 0.533. The predicted molar refractivity (Wildman–Crippen MR) is 91.0 cm³/mol. The first-order valence-electron chi connectivity index (χ1n) is 6.80. The predicted octanol–water partition coefficient (Wildman–Crippen LogP) is 4.19. The van der Waals surface area contributed by atoms with Gasteiger partial charge in [0, 0.05) is 22.6 Å². The zero-order valence-electron chi connectivity index (χ0n) is 12.4. The molecule has 1 fully saturated rings. The molecule has 0 saturated carbocycles. The molecule has 0 N–H and O–H groups in total. The minimum Gasteiger partial charge on any atom is -0.492 e. The maximum atomic E-state index is 11.8. The Morgan fingerprint density at radius 1 is 1.43 bits per heavy atom. The Morgan fingerprint density at radius 2 is 2.10 bits per heavy atom. The van der Waals surface area contributed by atoms with Gasteiger partial charge in [-0.3, -0.25) is 0 Å². The third-order valence-electron chi connectivity index (χ3n) is 2.98. The highest BCUT2D eigenvalue weighted by molar-refractivity contribution is 14.1. The Bertz CT molecular complexity index is 524. The lowest BCUT2D eigenvalue weighted by atomic mass is 10.0. The minimum absolute atomic E-state index is 0.258. The van der Waals surface area contributed by atoms with Crippen molar-refractivity contribution in [3.05, 3.63) is 26.8 Å². The number of amides is 1. The Labute approximate surface area is 143 Å². The summed E-state index contributed by atoms with van der Waals surface area (Å²) in [6.07, 6.45) is -0.258. The molecule has 1 aromatic rings. The van der Waals surface area contributed by atoms with Crippen molar-refractivity contribution in [1.82, 2.24) is 4.90 Å². The molecule has 1 aromatic carbocycles. The molecule has 1 amide bonds. The van der Waals surface area contributed by atoms with E-state index >= 15 is 0 Å². The summed E-state index contributed by atoms with van der Waals surface area (Å²) in [7, 11) is 0. The van der Waals surface area contributed by atoms with E-state index < -0.39 is 5.60 Å². The molecule has 0 aliphatic carbocycles. The number of likely N-dealkylation sites (tertiary alicyclic amines) is 1. The van der Waals surface area contributed by atoms with E-state index in [-0.39, 0.29) is 6.09 Å². The van der Waals surface area contributed by atoms with Crippen LogP contribution in [0.2, 0.25) is 5.02 Å². The highest BCUT2D eigenvalue weighted by Gasteiger charge is 2.34. The van der Waals surface area contributed by atoms with Crippen LogP contribution in [0.5, 0.6) is 5.75 Å². The topological polar surface area (TPSA) is 38.8 Å². The van der Waals surface area contributed by atoms with E-state index in [2.05, 4.69) is 22.6 Å². The number of nitrogens with zero attached hydrogens (tertiary/aromatic N) is 1. The number of ether oxygens (including phenoxy) is 2. The zero-order valence-corrected chi connectivity index (χ0v) is 15.3. The van der Waals surface area contributed by atoms with Crippen LogP contribution in [-0.4, -0.2) is 36.3 Å². The van der Waals surface area contributed by atoms with E-state index in [0.29, 0.717) is 36.4 Å². The van der Waals surface area contributed by atoms with Gasteiger partial charge in [-0.1, -0.05) is 11.6 Å². The van der Waals surface area contributed by atoms with Crippen molar-refractivity contribution < 1.29 is 14.3 Å². The summed E-state index contributed by atoms with van der Waals surface area (Å²) < 4.78 is 12.1. The van der Waals surface area contributed by atoms with Gasteiger partial charge in [-0.15, -0.1) is 0 Å². The summed E-state index contributed by atoms with van der Waals surface area (Å²) in [5, 5.41) is 0.616. The normalized spacial score (nSPS) is 15.6. The maximum absolute atomic E-state index is 11.8. The first-order valence-corrected chi connectivity index (χ1v) is 8.26. The Kier molecular flexibility index (Phi) is 5.24. The lowest BCUT2D eigenvalue weighted by Gasteiger charge is -2.39. The standard InChI is InChI=1S/C15H19ClINO3/c1-15(2,3)21-14(19)18-7-10(8-18)9-20-13-5-4-11(17)6-12(13)16/h4-6,10H,7-9H2,1-3H3. The van der Waals surface area contributed by atoms with Crippen molar-refractivity contribution in [2.75, 3.05) is 19.7 Å². The number of halogens is 2. The van der Waals surface area contributed by atoms with Crippen molar-refractivity contribution in [3.8, 4) is 5.75 Å². The lowest BCUT2D eigenvalue weighted by molar-refractivity contribution is -0.00781. The smallest absolute Gasteiger partial charge is 0.410 e. The molecule has 2 rings (SSSR count). The monoisotopic (exact) mass is 423 g/mol. The summed E-state index contributed by atoms with van der Waals surface area (Å²) in [6, 6.07) is 5.69. The molecular weight excluding hydrogens is 405 g/mol. The maximum Gasteiger partial charge on any atom is 0.410 e. The van der Waals surface area contributed by atoms with E-state index in [1.165, 1.54) is 0 Å². The molecule has 1 aliphatic rings. The summed E-state index contributed by atoms with van der Waals surface area (Å²) in [4.78, 5) is 13.5. The molecule has 4 nitrogen and oxygen atoms in total. The van der Waals surface area contributed by atoms with Gasteiger partial charge in [0.25, 0.3) is 0 Å². The Hall–Kier alpha value is -0.690. The number of hydrogen-bond donors (Lipinski definition) is 0. The molecule has 1 heterocycles.